The standard InChI is InChI=1S/C36H39N7O3/c1-41-19-21-43(22-20-41)29-15-17-42(18-16-29)30-13-14-32(34(23-30)46-2)39-36-37-24-27(35(40-36)38-28-8-4-3-5-9-28)12-11-26-7-6-10-33(45)31(26)25-44/h3-10,13-14,23-25,29,45H,15-22H2,1-2H3,(H2,37,38,39,40). The minimum Gasteiger partial charge on any atom is -0.507 e. The molecule has 4 aromatic rings. The second-order valence-electron chi connectivity index (χ2n) is 11.6. The SMILES string of the molecule is COc1cc(N2CCC(N3CCN(C)CC3)CC2)ccc1Nc1ncc(C#Cc2cccc(O)c2C=O)c(Nc2ccccc2)n1. The molecule has 0 radical (unpaired) electrons. The molecule has 3 aromatic carbocycles. The number of para-hydroxylation sites is 1. The highest BCUT2D eigenvalue weighted by molar-refractivity contribution is 5.83. The van der Waals surface area contributed by atoms with Gasteiger partial charge in [-0.15, -0.1) is 0 Å². The van der Waals surface area contributed by atoms with Crippen molar-refractivity contribution >= 4 is 35.1 Å². The van der Waals surface area contributed by atoms with Crippen molar-refractivity contribution in [1.29, 1.82) is 0 Å². The van der Waals surface area contributed by atoms with Gasteiger partial charge in [0.05, 0.1) is 30.1 Å². The van der Waals surface area contributed by atoms with E-state index in [9.17, 15) is 9.90 Å². The summed E-state index contributed by atoms with van der Waals surface area (Å²) in [5, 5.41) is 16.7. The summed E-state index contributed by atoms with van der Waals surface area (Å²) in [6.07, 6.45) is 4.55. The number of aromatic nitrogens is 2. The summed E-state index contributed by atoms with van der Waals surface area (Å²) >= 11 is 0. The molecule has 0 unspecified atom stereocenters. The van der Waals surface area contributed by atoms with Crippen LogP contribution < -0.4 is 20.3 Å². The van der Waals surface area contributed by atoms with Crippen molar-refractivity contribution in [2.75, 3.05) is 69.0 Å². The molecule has 2 aliphatic rings. The predicted molar refractivity (Wildman–Crippen MR) is 182 cm³/mol. The van der Waals surface area contributed by atoms with Gasteiger partial charge < -0.3 is 30.3 Å². The van der Waals surface area contributed by atoms with Gasteiger partial charge in [0.2, 0.25) is 5.95 Å². The van der Waals surface area contributed by atoms with Gasteiger partial charge in [0.25, 0.3) is 0 Å². The van der Waals surface area contributed by atoms with Crippen molar-refractivity contribution in [3.63, 3.8) is 0 Å². The van der Waals surface area contributed by atoms with E-state index in [-0.39, 0.29) is 11.3 Å². The highest BCUT2D eigenvalue weighted by atomic mass is 16.5. The Labute approximate surface area is 270 Å². The summed E-state index contributed by atoms with van der Waals surface area (Å²) in [4.78, 5) is 28.3. The number of nitrogens with zero attached hydrogens (tertiary/aromatic N) is 5. The number of rotatable bonds is 8. The monoisotopic (exact) mass is 617 g/mol. The topological polar surface area (TPSA) is 106 Å². The molecule has 0 saturated carbocycles. The predicted octanol–water partition coefficient (Wildman–Crippen LogP) is 5.11. The van der Waals surface area contributed by atoms with Gasteiger partial charge in [-0.05, 0) is 56.3 Å². The first-order valence-electron chi connectivity index (χ1n) is 15.6. The number of benzene rings is 3. The third-order valence-corrected chi connectivity index (χ3v) is 8.67. The van der Waals surface area contributed by atoms with Crippen LogP contribution >= 0.6 is 0 Å². The molecule has 6 rings (SSSR count). The van der Waals surface area contributed by atoms with Crippen molar-refractivity contribution < 1.29 is 14.6 Å². The van der Waals surface area contributed by atoms with E-state index in [4.69, 9.17) is 9.72 Å². The van der Waals surface area contributed by atoms with E-state index in [0.29, 0.717) is 41.0 Å². The van der Waals surface area contributed by atoms with Crippen molar-refractivity contribution in [2.45, 2.75) is 18.9 Å². The Balaban J connectivity index is 1.20. The molecule has 2 saturated heterocycles. The van der Waals surface area contributed by atoms with Gasteiger partial charge in [-0.1, -0.05) is 36.1 Å². The molecule has 10 nitrogen and oxygen atoms in total. The van der Waals surface area contributed by atoms with E-state index in [1.807, 2.05) is 36.4 Å². The molecule has 0 atom stereocenters. The van der Waals surface area contributed by atoms with Gasteiger partial charge in [-0.25, -0.2) is 4.98 Å². The summed E-state index contributed by atoms with van der Waals surface area (Å²) in [7, 11) is 3.87. The Bertz CT molecular complexity index is 1720. The maximum atomic E-state index is 11.5. The van der Waals surface area contributed by atoms with E-state index in [0.717, 1.165) is 69.2 Å². The van der Waals surface area contributed by atoms with Crippen LogP contribution in [0.2, 0.25) is 0 Å². The molecule has 0 spiro atoms. The molecule has 0 aliphatic carbocycles. The number of piperazine rings is 1. The van der Waals surface area contributed by atoms with Gasteiger partial charge >= 0.3 is 0 Å². The van der Waals surface area contributed by atoms with Crippen LogP contribution in [0.4, 0.5) is 28.8 Å². The Morgan fingerprint density at radius 2 is 1.67 bits per heavy atom. The van der Waals surface area contributed by atoms with E-state index in [1.54, 1.807) is 25.4 Å². The number of phenolic OH excluding ortho intramolecular Hbond substituents is 1. The lowest BCUT2D eigenvalue weighted by Crippen LogP contribution is -2.52. The van der Waals surface area contributed by atoms with Gasteiger partial charge in [0.1, 0.15) is 11.5 Å². The van der Waals surface area contributed by atoms with Crippen molar-refractivity contribution in [2.24, 2.45) is 0 Å². The lowest BCUT2D eigenvalue weighted by molar-refractivity contribution is 0.0982. The van der Waals surface area contributed by atoms with Crippen LogP contribution in [0.1, 0.15) is 34.3 Å². The number of nitrogens with one attached hydrogen (secondary N) is 2. The Morgan fingerprint density at radius 1 is 0.913 bits per heavy atom. The molecule has 46 heavy (non-hydrogen) atoms. The Hall–Kier alpha value is -5.11. The fourth-order valence-electron chi connectivity index (χ4n) is 5.98. The van der Waals surface area contributed by atoms with Gasteiger partial charge in [-0.2, -0.15) is 4.98 Å². The normalized spacial score (nSPS) is 15.9. The number of hydrogen-bond acceptors (Lipinski definition) is 10. The number of hydrogen-bond donors (Lipinski definition) is 3. The molecular formula is C36H39N7O3. The molecule has 2 fully saturated rings. The summed E-state index contributed by atoms with van der Waals surface area (Å²) in [6.45, 7) is 6.65. The molecule has 0 amide bonds. The molecule has 10 heteroatoms. The summed E-state index contributed by atoms with van der Waals surface area (Å²) in [5.74, 6) is 7.49. The van der Waals surface area contributed by atoms with Crippen LogP contribution in [0.3, 0.4) is 0 Å². The molecule has 236 valence electrons. The third kappa shape index (κ3) is 7.23. The Morgan fingerprint density at radius 3 is 2.41 bits per heavy atom. The third-order valence-electron chi connectivity index (χ3n) is 8.67. The van der Waals surface area contributed by atoms with Crippen molar-refractivity contribution in [3.05, 3.63) is 89.6 Å². The van der Waals surface area contributed by atoms with Gasteiger partial charge in [0.15, 0.2) is 12.1 Å². The van der Waals surface area contributed by atoms with Crippen LogP contribution in [-0.4, -0.2) is 90.6 Å². The van der Waals surface area contributed by atoms with Crippen LogP contribution in [0.15, 0.2) is 72.9 Å². The highest BCUT2D eigenvalue weighted by Gasteiger charge is 2.27. The van der Waals surface area contributed by atoms with Crippen LogP contribution in [0.5, 0.6) is 11.5 Å². The number of piperidine rings is 1. The van der Waals surface area contributed by atoms with Gasteiger partial charge in [0, 0.05) is 68.3 Å². The van der Waals surface area contributed by atoms with Crippen LogP contribution in [0.25, 0.3) is 0 Å². The number of carbonyl (C=O) groups excluding carboxylic acids is 1. The maximum absolute atomic E-state index is 11.5. The first kappa shape index (κ1) is 30.9. The zero-order valence-electron chi connectivity index (χ0n) is 26.2. The number of phenols is 1. The van der Waals surface area contributed by atoms with Gasteiger partial charge in [-0.3, -0.25) is 9.69 Å². The number of carbonyl (C=O) groups is 1. The molecule has 1 aromatic heterocycles. The smallest absolute Gasteiger partial charge is 0.229 e. The van der Waals surface area contributed by atoms with Crippen LogP contribution in [-0.2, 0) is 0 Å². The number of anilines is 5. The number of ether oxygens (including phenoxy) is 1. The summed E-state index contributed by atoms with van der Waals surface area (Å²) in [6, 6.07) is 21.3. The fourth-order valence-corrected chi connectivity index (χ4v) is 5.98. The maximum Gasteiger partial charge on any atom is 0.229 e. The molecule has 3 heterocycles. The van der Waals surface area contributed by atoms with Crippen molar-refractivity contribution in [3.8, 4) is 23.3 Å². The van der Waals surface area contributed by atoms with E-state index < -0.39 is 0 Å². The molecule has 0 bridgehead atoms. The summed E-state index contributed by atoms with van der Waals surface area (Å²) < 4.78 is 5.80. The second kappa shape index (κ2) is 14.3. The number of aldehydes is 1. The minimum atomic E-state index is -0.115. The fraction of sp³-hybridized carbons (Fsp3) is 0.306. The quantitative estimate of drug-likeness (QED) is 0.183. The average Bonchev–Trinajstić information content (AvgIpc) is 3.09. The van der Waals surface area contributed by atoms with Crippen LogP contribution in [0, 0.1) is 11.8 Å². The van der Waals surface area contributed by atoms with E-state index in [1.165, 1.54) is 6.07 Å². The lowest BCUT2D eigenvalue weighted by Gasteiger charge is -2.42. The second-order valence-corrected chi connectivity index (χ2v) is 11.6. The first-order valence-corrected chi connectivity index (χ1v) is 15.6. The van der Waals surface area contributed by atoms with E-state index in [2.05, 4.69) is 61.3 Å². The van der Waals surface area contributed by atoms with Crippen molar-refractivity contribution in [1.82, 2.24) is 19.8 Å². The van der Waals surface area contributed by atoms with E-state index >= 15 is 0 Å². The molecule has 2 aliphatic heterocycles. The number of methoxy groups -OCH3 is 1. The lowest BCUT2D eigenvalue weighted by atomic mass is 10.0. The Kier molecular flexibility index (Phi) is 9.62. The molecule has 3 N–H and O–H groups in total. The molecular weight excluding hydrogens is 578 g/mol. The first-order chi connectivity index (χ1) is 22.5. The minimum absolute atomic E-state index is 0.115. The zero-order valence-corrected chi connectivity index (χ0v) is 26.2. The number of aromatic hydroxyl groups is 1. The highest BCUT2D eigenvalue weighted by Crippen LogP contribution is 2.33. The largest absolute Gasteiger partial charge is 0.507 e. The zero-order chi connectivity index (χ0) is 31.9. The summed E-state index contributed by atoms with van der Waals surface area (Å²) in [5.41, 5.74) is 3.80. The average molecular weight is 618 g/mol. The number of likely N-dealkylation sites (N-methyl/N-ethyl adjacent to an activating group) is 1.